The minimum absolute atomic E-state index is 0.0756. The van der Waals surface area contributed by atoms with Crippen molar-refractivity contribution in [3.8, 4) is 17.2 Å². The van der Waals surface area contributed by atoms with E-state index in [1.807, 2.05) is 48.5 Å². The van der Waals surface area contributed by atoms with Gasteiger partial charge in [0.2, 0.25) is 5.75 Å². The minimum atomic E-state index is -1.14. The summed E-state index contributed by atoms with van der Waals surface area (Å²) in [5, 5.41) is 13.9. The smallest absolute Gasteiger partial charge is 0.357 e. The van der Waals surface area contributed by atoms with Crippen LogP contribution in [0.15, 0.2) is 54.6 Å². The van der Waals surface area contributed by atoms with Gasteiger partial charge in [0.25, 0.3) is 0 Å². The normalized spacial score (nSPS) is 16.8. The summed E-state index contributed by atoms with van der Waals surface area (Å²) >= 11 is 0. The van der Waals surface area contributed by atoms with Crippen molar-refractivity contribution >= 4 is 24.5 Å². The molecule has 34 heavy (non-hydrogen) atoms. The van der Waals surface area contributed by atoms with Crippen molar-refractivity contribution in [1.29, 1.82) is 0 Å². The molecule has 1 heterocycles. The number of allylic oxidation sites excluding steroid dienone is 2. The molecular weight excluding hydrogens is 436 g/mol. The lowest BCUT2D eigenvalue weighted by Gasteiger charge is -2.35. The van der Waals surface area contributed by atoms with E-state index in [-0.39, 0.29) is 5.69 Å². The Morgan fingerprint density at radius 2 is 1.74 bits per heavy atom. The number of ether oxygens (including phenoxy) is 3. The van der Waals surface area contributed by atoms with Crippen molar-refractivity contribution in [2.75, 3.05) is 21.3 Å². The van der Waals surface area contributed by atoms with Crippen LogP contribution in [0.2, 0.25) is 0 Å². The Bertz CT molecular complexity index is 1270. The molecule has 1 aliphatic carbocycles. The molecule has 1 atom stereocenters. The van der Waals surface area contributed by atoms with Gasteiger partial charge in [0.15, 0.2) is 17.2 Å². The number of fused-ring (bicyclic) bond motifs is 1. The van der Waals surface area contributed by atoms with E-state index in [4.69, 9.17) is 14.2 Å². The van der Waals surface area contributed by atoms with Crippen LogP contribution in [0, 0.1) is 0 Å². The monoisotopic (exact) mass is 460 g/mol. The van der Waals surface area contributed by atoms with Gasteiger partial charge >= 0.3 is 5.97 Å². The fourth-order valence-electron chi connectivity index (χ4n) is 4.42. The highest BCUT2D eigenvalue weighted by Gasteiger charge is 2.39. The SMILES string of the molecule is COc1cc(C2(c3ccccc3)C=Cc3c(C(=O)O)nn(C=CC=O)c3C2)cc(OC)c1OC. The van der Waals surface area contributed by atoms with Crippen LogP contribution in [0.4, 0.5) is 0 Å². The first kappa shape index (κ1) is 22.8. The van der Waals surface area contributed by atoms with Gasteiger partial charge in [-0.15, -0.1) is 0 Å². The summed E-state index contributed by atoms with van der Waals surface area (Å²) in [6.07, 6.45) is 7.50. The topological polar surface area (TPSA) is 99.9 Å². The molecule has 0 saturated carbocycles. The highest BCUT2D eigenvalue weighted by atomic mass is 16.5. The Morgan fingerprint density at radius 3 is 2.29 bits per heavy atom. The van der Waals surface area contributed by atoms with Gasteiger partial charge in [-0.05, 0) is 29.3 Å². The summed E-state index contributed by atoms with van der Waals surface area (Å²) in [6.45, 7) is 0. The second kappa shape index (κ2) is 9.27. The third-order valence-electron chi connectivity index (χ3n) is 6.01. The average molecular weight is 460 g/mol. The van der Waals surface area contributed by atoms with Crippen LogP contribution in [0.1, 0.15) is 32.9 Å². The Hall–Kier alpha value is -4.33. The first-order chi connectivity index (χ1) is 16.5. The maximum atomic E-state index is 11.8. The number of carbonyl (C=O) groups is 2. The first-order valence-electron chi connectivity index (χ1n) is 10.5. The van der Waals surface area contributed by atoms with E-state index in [1.165, 1.54) is 17.0 Å². The fourth-order valence-corrected chi connectivity index (χ4v) is 4.42. The minimum Gasteiger partial charge on any atom is -0.493 e. The zero-order valence-corrected chi connectivity index (χ0v) is 19.0. The second-order valence-corrected chi connectivity index (χ2v) is 7.70. The van der Waals surface area contributed by atoms with Gasteiger partial charge < -0.3 is 19.3 Å². The van der Waals surface area contributed by atoms with Crippen molar-refractivity contribution in [2.24, 2.45) is 0 Å². The molecule has 1 unspecified atom stereocenters. The lowest BCUT2D eigenvalue weighted by atomic mass is 9.68. The quantitative estimate of drug-likeness (QED) is 0.403. The van der Waals surface area contributed by atoms with Gasteiger partial charge in [0.05, 0.1) is 27.0 Å². The molecule has 8 heteroatoms. The Balaban J connectivity index is 2.00. The highest BCUT2D eigenvalue weighted by molar-refractivity contribution is 5.91. The summed E-state index contributed by atoms with van der Waals surface area (Å²) in [4.78, 5) is 22.8. The second-order valence-electron chi connectivity index (χ2n) is 7.70. The number of rotatable bonds is 8. The van der Waals surface area contributed by atoms with Crippen LogP contribution in [-0.4, -0.2) is 48.5 Å². The molecule has 1 N–H and O–H groups in total. The van der Waals surface area contributed by atoms with Gasteiger partial charge in [-0.3, -0.25) is 4.79 Å². The van der Waals surface area contributed by atoms with Gasteiger partial charge in [-0.1, -0.05) is 42.5 Å². The van der Waals surface area contributed by atoms with E-state index < -0.39 is 11.4 Å². The summed E-state index contributed by atoms with van der Waals surface area (Å²) in [5.74, 6) is 0.350. The molecule has 1 aliphatic rings. The third kappa shape index (κ3) is 3.73. The van der Waals surface area contributed by atoms with Gasteiger partial charge in [0.1, 0.15) is 6.29 Å². The first-order valence-corrected chi connectivity index (χ1v) is 10.5. The number of hydrogen-bond acceptors (Lipinski definition) is 6. The molecule has 8 nitrogen and oxygen atoms in total. The predicted molar refractivity (Wildman–Crippen MR) is 127 cm³/mol. The number of benzene rings is 2. The highest BCUT2D eigenvalue weighted by Crippen LogP contribution is 2.47. The number of hydrogen-bond donors (Lipinski definition) is 1. The summed E-state index contributed by atoms with van der Waals surface area (Å²) in [5.41, 5.74) is 2.23. The van der Waals surface area contributed by atoms with Crippen molar-refractivity contribution in [3.63, 3.8) is 0 Å². The fraction of sp³-hybridized carbons (Fsp3) is 0.192. The summed E-state index contributed by atoms with van der Waals surface area (Å²) in [6, 6.07) is 13.6. The number of methoxy groups -OCH3 is 3. The molecule has 174 valence electrons. The molecule has 0 bridgehead atoms. The zero-order chi connectivity index (χ0) is 24.3. The number of carbonyl (C=O) groups excluding carboxylic acids is 1. The Labute approximate surface area is 196 Å². The molecule has 0 spiro atoms. The number of aldehydes is 1. The van der Waals surface area contributed by atoms with E-state index >= 15 is 0 Å². The van der Waals surface area contributed by atoms with Crippen LogP contribution in [0.25, 0.3) is 12.3 Å². The number of carboxylic acid groups (broad SMARTS) is 1. The molecule has 4 rings (SSSR count). The largest absolute Gasteiger partial charge is 0.493 e. The molecule has 2 aromatic carbocycles. The predicted octanol–water partition coefficient (Wildman–Crippen LogP) is 3.83. The molecule has 1 aromatic heterocycles. The molecule has 0 radical (unpaired) electrons. The molecule has 0 saturated heterocycles. The maximum Gasteiger partial charge on any atom is 0.357 e. The average Bonchev–Trinajstić information content (AvgIpc) is 3.24. The van der Waals surface area contributed by atoms with E-state index in [0.717, 1.165) is 11.1 Å². The van der Waals surface area contributed by atoms with E-state index in [1.54, 1.807) is 27.4 Å². The van der Waals surface area contributed by atoms with Crippen molar-refractivity contribution in [1.82, 2.24) is 9.78 Å². The van der Waals surface area contributed by atoms with E-state index in [0.29, 0.717) is 41.2 Å². The molecular formula is C26H24N2O6. The maximum absolute atomic E-state index is 11.8. The van der Waals surface area contributed by atoms with E-state index in [2.05, 4.69) is 5.10 Å². The zero-order valence-electron chi connectivity index (χ0n) is 19.0. The molecule has 0 amide bonds. The standard InChI is InChI=1S/C26H24N2O6/c1-32-21-14-18(15-22(33-2)24(21)34-3)26(17-8-5-4-6-9-17)11-10-19-20(16-26)28(12-7-13-29)27-23(19)25(30)31/h4-15H,16H2,1-3H3,(H,30,31). The third-order valence-corrected chi connectivity index (χ3v) is 6.01. The summed E-state index contributed by atoms with van der Waals surface area (Å²) < 4.78 is 18.1. The van der Waals surface area contributed by atoms with Gasteiger partial charge in [-0.2, -0.15) is 5.10 Å². The number of aromatic nitrogens is 2. The van der Waals surface area contributed by atoms with Crippen LogP contribution >= 0.6 is 0 Å². The van der Waals surface area contributed by atoms with Crippen molar-refractivity contribution in [3.05, 3.63) is 82.7 Å². The van der Waals surface area contributed by atoms with Gasteiger partial charge in [0, 0.05) is 23.6 Å². The number of aromatic carboxylic acids is 1. The van der Waals surface area contributed by atoms with Crippen molar-refractivity contribution < 1.29 is 28.9 Å². The van der Waals surface area contributed by atoms with E-state index in [9.17, 15) is 14.7 Å². The Morgan fingerprint density at radius 1 is 1.06 bits per heavy atom. The van der Waals surface area contributed by atoms with Crippen LogP contribution in [0.5, 0.6) is 17.2 Å². The molecule has 3 aromatic rings. The number of nitrogens with zero attached hydrogens (tertiary/aromatic N) is 2. The number of carboxylic acids is 1. The molecule has 0 fully saturated rings. The van der Waals surface area contributed by atoms with Crippen molar-refractivity contribution in [2.45, 2.75) is 11.8 Å². The van der Waals surface area contributed by atoms with Gasteiger partial charge in [-0.25, -0.2) is 9.48 Å². The summed E-state index contributed by atoms with van der Waals surface area (Å²) in [7, 11) is 4.66. The van der Waals surface area contributed by atoms with Crippen LogP contribution in [-0.2, 0) is 16.6 Å². The lowest BCUT2D eigenvalue weighted by molar-refractivity contribution is -0.104. The lowest BCUT2D eigenvalue weighted by Crippen LogP contribution is -2.31. The Kier molecular flexibility index (Phi) is 6.23. The van der Waals surface area contributed by atoms with Crippen LogP contribution in [0.3, 0.4) is 0 Å². The van der Waals surface area contributed by atoms with Crippen LogP contribution < -0.4 is 14.2 Å². The molecule has 0 aliphatic heterocycles.